The number of amides is 1. The Morgan fingerprint density at radius 3 is 2.60 bits per heavy atom. The smallest absolute Gasteiger partial charge is 0.407 e. The van der Waals surface area contributed by atoms with Gasteiger partial charge in [0.15, 0.2) is 0 Å². The number of nitrogens with zero attached hydrogens (tertiary/aromatic N) is 5. The Kier molecular flexibility index (Phi) is 9.09. The number of nitrogens with one attached hydrogen (secondary N) is 1. The van der Waals surface area contributed by atoms with Crippen molar-refractivity contribution in [1.82, 2.24) is 19.8 Å². The van der Waals surface area contributed by atoms with E-state index in [0.29, 0.717) is 12.5 Å². The molecule has 3 atom stereocenters. The number of benzene rings is 2. The van der Waals surface area contributed by atoms with Gasteiger partial charge in [-0.2, -0.15) is 5.26 Å². The Bertz CT molecular complexity index is 1540. The zero-order valence-corrected chi connectivity index (χ0v) is 26.1. The number of nitriles is 1. The molecule has 0 radical (unpaired) electrons. The molecule has 1 saturated carbocycles. The van der Waals surface area contributed by atoms with E-state index in [0.717, 1.165) is 81.9 Å². The maximum Gasteiger partial charge on any atom is 0.407 e. The Labute approximate surface area is 264 Å². The molecule has 3 heterocycles. The highest BCUT2D eigenvalue weighted by atomic mass is 19.1. The van der Waals surface area contributed by atoms with E-state index in [4.69, 9.17) is 10.00 Å². The van der Waals surface area contributed by atoms with Crippen LogP contribution in [0.1, 0.15) is 49.1 Å². The van der Waals surface area contributed by atoms with Crippen LogP contribution >= 0.6 is 0 Å². The van der Waals surface area contributed by atoms with Gasteiger partial charge in [0.05, 0.1) is 5.56 Å². The van der Waals surface area contributed by atoms with E-state index in [1.54, 1.807) is 25.2 Å². The second kappa shape index (κ2) is 13.2. The van der Waals surface area contributed by atoms with Gasteiger partial charge >= 0.3 is 6.09 Å². The van der Waals surface area contributed by atoms with Crippen LogP contribution in [0.5, 0.6) is 0 Å². The van der Waals surface area contributed by atoms with Crippen LogP contribution in [0.4, 0.5) is 19.3 Å². The molecule has 1 N–H and O–H groups in total. The average Bonchev–Trinajstić information content (AvgIpc) is 3.66. The van der Waals surface area contributed by atoms with Gasteiger partial charge in [-0.1, -0.05) is 12.1 Å². The third kappa shape index (κ3) is 6.28. The minimum atomic E-state index is -0.474. The highest BCUT2D eigenvalue weighted by Gasteiger charge is 2.53. The molecule has 3 aromatic rings. The summed E-state index contributed by atoms with van der Waals surface area (Å²) in [6.07, 6.45) is 7.68. The van der Waals surface area contributed by atoms with Crippen LogP contribution in [0, 0.1) is 47.6 Å². The first kappa shape index (κ1) is 31.0. The Morgan fingerprint density at radius 1 is 1.13 bits per heavy atom. The Hall–Kier alpha value is -3.97. The molecule has 0 bridgehead atoms. The molecule has 2 saturated heterocycles. The van der Waals surface area contributed by atoms with E-state index in [-0.39, 0.29) is 29.3 Å². The number of anilines is 1. The molecule has 10 heteroatoms. The van der Waals surface area contributed by atoms with Crippen molar-refractivity contribution in [2.45, 2.75) is 57.1 Å². The molecular formula is C35H42F2N6O2. The summed E-state index contributed by atoms with van der Waals surface area (Å²) < 4.78 is 37.3. The van der Waals surface area contributed by atoms with E-state index in [9.17, 15) is 13.6 Å². The summed E-state index contributed by atoms with van der Waals surface area (Å²) in [4.78, 5) is 21.7. The van der Waals surface area contributed by atoms with Crippen molar-refractivity contribution in [3.8, 4) is 6.07 Å². The molecule has 2 aliphatic heterocycles. The zero-order chi connectivity index (χ0) is 31.6. The lowest BCUT2D eigenvalue weighted by Gasteiger charge is -2.51. The summed E-state index contributed by atoms with van der Waals surface area (Å²) in [5, 5.41) is 11.7. The van der Waals surface area contributed by atoms with Gasteiger partial charge in [-0.15, -0.1) is 0 Å². The van der Waals surface area contributed by atoms with Crippen molar-refractivity contribution in [2.75, 3.05) is 44.7 Å². The summed E-state index contributed by atoms with van der Waals surface area (Å²) >= 11 is 0. The second-order valence-electron chi connectivity index (χ2n) is 13.0. The standard InChI is InChI=1S/C35H42F2N6O2/c1-24-40-13-16-42(24)23-35(28-5-3-6-29(36)17-28,31-7-4-8-33(31)45-34(44)39-2)27-11-14-41(15-12-27)20-25-21-43(22-25)30-10-9-26(19-38)32(37)18-30/h3,5-6,9-10,13,16-18,25,27,31,33H,4,7-8,11-12,14-15,20-23H2,1-2H3,(H,39,44)/t31?,33-,35-/m0/s1. The number of imidazole rings is 1. The number of carbonyl (C=O) groups excluding carboxylic acids is 1. The normalized spacial score (nSPS) is 22.4. The van der Waals surface area contributed by atoms with E-state index >= 15 is 0 Å². The number of aromatic nitrogens is 2. The fraction of sp³-hybridized carbons (Fsp3) is 0.514. The quantitative estimate of drug-likeness (QED) is 0.334. The lowest BCUT2D eigenvalue weighted by molar-refractivity contribution is 0.00168. The summed E-state index contributed by atoms with van der Waals surface area (Å²) in [6.45, 7) is 7.20. The maximum absolute atomic E-state index is 15.0. The molecular weight excluding hydrogens is 574 g/mol. The van der Waals surface area contributed by atoms with Gasteiger partial charge in [-0.05, 0) is 93.9 Å². The summed E-state index contributed by atoms with van der Waals surface area (Å²) in [7, 11) is 1.58. The van der Waals surface area contributed by atoms with Crippen LogP contribution in [0.25, 0.3) is 0 Å². The average molecular weight is 617 g/mol. The number of hydrogen-bond donors (Lipinski definition) is 1. The van der Waals surface area contributed by atoms with Crippen molar-refractivity contribution in [1.29, 1.82) is 5.26 Å². The Morgan fingerprint density at radius 2 is 1.93 bits per heavy atom. The summed E-state index contributed by atoms with van der Waals surface area (Å²) in [5.41, 5.74) is 1.40. The number of likely N-dealkylation sites (tertiary alicyclic amines) is 1. The van der Waals surface area contributed by atoms with Crippen molar-refractivity contribution in [3.63, 3.8) is 0 Å². The van der Waals surface area contributed by atoms with E-state index in [2.05, 4.69) is 30.7 Å². The van der Waals surface area contributed by atoms with E-state index in [1.807, 2.05) is 31.5 Å². The molecule has 0 spiro atoms. The first-order valence-electron chi connectivity index (χ1n) is 16.1. The van der Waals surface area contributed by atoms with Gasteiger partial charge in [-0.3, -0.25) is 0 Å². The van der Waals surface area contributed by atoms with E-state index in [1.165, 1.54) is 12.1 Å². The molecule has 1 aliphatic carbocycles. The van der Waals surface area contributed by atoms with E-state index < -0.39 is 17.3 Å². The number of halogens is 2. The first-order valence-corrected chi connectivity index (χ1v) is 16.1. The molecule has 45 heavy (non-hydrogen) atoms. The number of piperidine rings is 1. The summed E-state index contributed by atoms with van der Waals surface area (Å²) in [6, 6.07) is 13.8. The van der Waals surface area contributed by atoms with Gasteiger partial charge in [0.25, 0.3) is 0 Å². The number of aryl methyl sites for hydroxylation is 1. The monoisotopic (exact) mass is 616 g/mol. The van der Waals surface area contributed by atoms with Crippen LogP contribution in [0.15, 0.2) is 54.9 Å². The lowest BCUT2D eigenvalue weighted by atomic mass is 9.58. The molecule has 8 nitrogen and oxygen atoms in total. The third-order valence-corrected chi connectivity index (χ3v) is 10.5. The topological polar surface area (TPSA) is 86.4 Å². The van der Waals surface area contributed by atoms with Crippen molar-refractivity contribution in [3.05, 3.63) is 83.4 Å². The highest BCUT2D eigenvalue weighted by molar-refractivity contribution is 5.67. The van der Waals surface area contributed by atoms with Crippen molar-refractivity contribution >= 4 is 11.8 Å². The van der Waals surface area contributed by atoms with Crippen LogP contribution in [0.2, 0.25) is 0 Å². The number of alkyl carbamates (subject to hydrolysis) is 1. The molecule has 3 fully saturated rings. The van der Waals surface area contributed by atoms with Crippen molar-refractivity contribution < 1.29 is 18.3 Å². The first-order chi connectivity index (χ1) is 21.8. The van der Waals surface area contributed by atoms with Crippen molar-refractivity contribution in [2.24, 2.45) is 17.8 Å². The molecule has 1 amide bonds. The third-order valence-electron chi connectivity index (χ3n) is 10.5. The van der Waals surface area contributed by atoms with Crippen LogP contribution < -0.4 is 10.2 Å². The number of hydrogen-bond acceptors (Lipinski definition) is 6. The largest absolute Gasteiger partial charge is 0.446 e. The fourth-order valence-electron chi connectivity index (χ4n) is 8.26. The second-order valence-corrected chi connectivity index (χ2v) is 13.0. The van der Waals surface area contributed by atoms with Crippen LogP contribution in [-0.2, 0) is 16.7 Å². The molecule has 1 aromatic heterocycles. The van der Waals surface area contributed by atoms with Crippen LogP contribution in [-0.4, -0.2) is 66.4 Å². The molecule has 2 aromatic carbocycles. The van der Waals surface area contributed by atoms with Gasteiger partial charge in [0.1, 0.15) is 29.6 Å². The predicted octanol–water partition coefficient (Wildman–Crippen LogP) is 5.65. The number of rotatable bonds is 9. The Balaban J connectivity index is 1.22. The lowest BCUT2D eigenvalue weighted by Crippen LogP contribution is -2.55. The molecule has 238 valence electrons. The van der Waals surface area contributed by atoms with Gasteiger partial charge in [0, 0.05) is 68.6 Å². The minimum absolute atomic E-state index is 0.0305. The van der Waals surface area contributed by atoms with Gasteiger partial charge < -0.3 is 24.4 Å². The molecule has 3 aliphatic rings. The molecule has 6 rings (SSSR count). The number of ether oxygens (including phenoxy) is 1. The van der Waals surface area contributed by atoms with Crippen LogP contribution in [0.3, 0.4) is 0 Å². The SMILES string of the molecule is CNC(=O)O[C@H]1CCCC1[C@](Cn1ccnc1C)(c1cccc(F)c1)C1CCN(CC2CN(c3ccc(C#N)c(F)c3)C2)CC1. The zero-order valence-electron chi connectivity index (χ0n) is 26.1. The fourth-order valence-corrected chi connectivity index (χ4v) is 8.26. The summed E-state index contributed by atoms with van der Waals surface area (Å²) in [5.74, 6) is 0.945. The highest BCUT2D eigenvalue weighted by Crippen LogP contribution is 2.52. The minimum Gasteiger partial charge on any atom is -0.446 e. The molecule has 1 unspecified atom stereocenters. The maximum atomic E-state index is 15.0. The van der Waals surface area contributed by atoms with Gasteiger partial charge in [-0.25, -0.2) is 18.6 Å². The predicted molar refractivity (Wildman–Crippen MR) is 168 cm³/mol. The number of carbonyl (C=O) groups is 1. The van der Waals surface area contributed by atoms with Gasteiger partial charge in [0.2, 0.25) is 0 Å².